The maximum atomic E-state index is 4.00. The van der Waals surface area contributed by atoms with Crippen LogP contribution in [-0.2, 0) is 0 Å². The van der Waals surface area contributed by atoms with Gasteiger partial charge in [-0.25, -0.2) is 0 Å². The minimum Gasteiger partial charge on any atom is -0.275 e. The average molecular weight is 167 g/mol. The van der Waals surface area contributed by atoms with Gasteiger partial charge in [0, 0.05) is 12.7 Å². The summed E-state index contributed by atoms with van der Waals surface area (Å²) in [5, 5.41) is 9.82. The fourth-order valence-electron chi connectivity index (χ4n) is 0.956. The smallest absolute Gasteiger partial charge is 0.0576 e. The Bertz CT molecular complexity index is 188. The molecule has 0 N–H and O–H groups in total. The third kappa shape index (κ3) is 3.51. The molecule has 0 fully saturated rings. The molecule has 1 heterocycles. The van der Waals surface area contributed by atoms with E-state index in [4.69, 9.17) is 0 Å². The first kappa shape index (κ1) is 9.23. The van der Waals surface area contributed by atoms with Crippen LogP contribution in [0.25, 0.3) is 0 Å². The molecule has 0 saturated carbocycles. The van der Waals surface area contributed by atoms with Gasteiger partial charge in [0.2, 0.25) is 0 Å². The molecule has 0 atom stereocenters. The van der Waals surface area contributed by atoms with E-state index in [0.29, 0.717) is 5.41 Å². The van der Waals surface area contributed by atoms with Gasteiger partial charge in [-0.2, -0.15) is 0 Å². The summed E-state index contributed by atoms with van der Waals surface area (Å²) < 4.78 is 0. The van der Waals surface area contributed by atoms with Crippen LogP contribution in [0.5, 0.6) is 0 Å². The fourth-order valence-corrected chi connectivity index (χ4v) is 0.956. The Morgan fingerprint density at radius 2 is 2.17 bits per heavy atom. The predicted molar refractivity (Wildman–Crippen MR) is 49.6 cm³/mol. The first-order valence-electron chi connectivity index (χ1n) is 4.39. The van der Waals surface area contributed by atoms with Crippen molar-refractivity contribution in [2.24, 2.45) is 15.8 Å². The zero-order chi connectivity index (χ0) is 9.03. The molecule has 0 aromatic carbocycles. The zero-order valence-corrected chi connectivity index (χ0v) is 8.12. The van der Waals surface area contributed by atoms with Crippen LogP contribution in [0.4, 0.5) is 0 Å². The topological polar surface area (TPSA) is 28.0 Å². The molecule has 0 bridgehead atoms. The Morgan fingerprint density at radius 3 is 2.67 bits per heavy atom. The maximum Gasteiger partial charge on any atom is 0.0576 e. The summed E-state index contributed by atoms with van der Waals surface area (Å²) in [5.74, 6) is 0. The highest BCUT2D eigenvalue weighted by Crippen LogP contribution is 2.19. The minimum absolute atomic E-state index is 0.386. The van der Waals surface area contributed by atoms with Gasteiger partial charge in [-0.1, -0.05) is 26.0 Å². The van der Waals surface area contributed by atoms with Crippen molar-refractivity contribution in [2.45, 2.75) is 27.2 Å². The Balaban J connectivity index is 2.24. The largest absolute Gasteiger partial charge is 0.275 e. The highest BCUT2D eigenvalue weighted by atomic mass is 15.5. The van der Waals surface area contributed by atoms with Crippen molar-refractivity contribution in [3.63, 3.8) is 0 Å². The Labute approximate surface area is 74.1 Å². The van der Waals surface area contributed by atoms with Gasteiger partial charge in [0.25, 0.3) is 0 Å². The van der Waals surface area contributed by atoms with Crippen molar-refractivity contribution in [3.8, 4) is 0 Å². The van der Waals surface area contributed by atoms with Crippen LogP contribution in [0.3, 0.4) is 0 Å². The summed E-state index contributed by atoms with van der Waals surface area (Å²) in [6.45, 7) is 8.62. The molecule has 0 spiro atoms. The van der Waals surface area contributed by atoms with Crippen molar-refractivity contribution < 1.29 is 0 Å². The van der Waals surface area contributed by atoms with Crippen molar-refractivity contribution in [3.05, 3.63) is 12.3 Å². The number of rotatable bonds is 2. The maximum absolute atomic E-state index is 4.00. The third-order valence-corrected chi connectivity index (χ3v) is 1.79. The average Bonchev–Trinajstić information content (AvgIpc) is 2.02. The number of nitrogens with zero attached hydrogens (tertiary/aromatic N) is 3. The normalized spacial score (nSPS) is 17.1. The molecular weight excluding hydrogens is 150 g/mol. The first-order chi connectivity index (χ1) is 5.58. The second-order valence-electron chi connectivity index (χ2n) is 4.31. The van der Waals surface area contributed by atoms with Gasteiger partial charge in [0.1, 0.15) is 0 Å². The van der Waals surface area contributed by atoms with E-state index in [-0.39, 0.29) is 0 Å². The molecule has 0 amide bonds. The first-order valence-corrected chi connectivity index (χ1v) is 4.39. The van der Waals surface area contributed by atoms with Gasteiger partial charge in [0.05, 0.1) is 6.54 Å². The van der Waals surface area contributed by atoms with Crippen LogP contribution in [-0.4, -0.2) is 18.1 Å². The summed E-state index contributed by atoms with van der Waals surface area (Å²) in [7, 11) is 0. The summed E-state index contributed by atoms with van der Waals surface area (Å²) in [4.78, 5) is 0. The standard InChI is InChI=1S/C9H17N3/c1-9(2,3)5-8-12-7-4-6-10-11-12/h4,6H,5,7-8H2,1-3H3. The lowest BCUT2D eigenvalue weighted by molar-refractivity contribution is 0.237. The monoisotopic (exact) mass is 167 g/mol. The fraction of sp³-hybridized carbons (Fsp3) is 0.778. The van der Waals surface area contributed by atoms with Crippen LogP contribution < -0.4 is 0 Å². The highest BCUT2D eigenvalue weighted by Gasteiger charge is 2.12. The van der Waals surface area contributed by atoms with Crippen LogP contribution >= 0.6 is 0 Å². The van der Waals surface area contributed by atoms with Crippen molar-refractivity contribution in [1.82, 2.24) is 5.01 Å². The Morgan fingerprint density at radius 1 is 1.42 bits per heavy atom. The number of hydrogen-bond donors (Lipinski definition) is 0. The molecule has 3 heteroatoms. The Hall–Kier alpha value is -0.860. The van der Waals surface area contributed by atoms with Crippen LogP contribution in [0.15, 0.2) is 22.6 Å². The van der Waals surface area contributed by atoms with E-state index in [1.54, 1.807) is 6.20 Å². The second-order valence-corrected chi connectivity index (χ2v) is 4.31. The highest BCUT2D eigenvalue weighted by molar-refractivity contribution is 4.84. The van der Waals surface area contributed by atoms with Crippen LogP contribution in [0, 0.1) is 5.41 Å². The van der Waals surface area contributed by atoms with E-state index in [0.717, 1.165) is 19.5 Å². The molecule has 68 valence electrons. The quantitative estimate of drug-likeness (QED) is 0.621. The van der Waals surface area contributed by atoms with E-state index in [2.05, 4.69) is 31.1 Å². The van der Waals surface area contributed by atoms with Crippen molar-refractivity contribution in [2.75, 3.05) is 13.1 Å². The number of hydrogen-bond acceptors (Lipinski definition) is 3. The van der Waals surface area contributed by atoms with Gasteiger partial charge in [-0.15, -0.1) is 5.11 Å². The van der Waals surface area contributed by atoms with Gasteiger partial charge < -0.3 is 0 Å². The molecule has 3 nitrogen and oxygen atoms in total. The minimum atomic E-state index is 0.386. The SMILES string of the molecule is CC(C)(C)CCN1CC=CN=N1. The molecule has 0 aliphatic carbocycles. The van der Waals surface area contributed by atoms with Gasteiger partial charge in [-0.3, -0.25) is 5.01 Å². The third-order valence-electron chi connectivity index (χ3n) is 1.79. The molecule has 0 aromatic heterocycles. The lowest BCUT2D eigenvalue weighted by atomic mass is 9.92. The zero-order valence-electron chi connectivity index (χ0n) is 8.12. The van der Waals surface area contributed by atoms with E-state index >= 15 is 0 Å². The molecular formula is C9H17N3. The lowest BCUT2D eigenvalue weighted by Crippen LogP contribution is -2.23. The summed E-state index contributed by atoms with van der Waals surface area (Å²) in [5.41, 5.74) is 0.386. The molecule has 0 saturated heterocycles. The second kappa shape index (κ2) is 3.70. The van der Waals surface area contributed by atoms with Crippen LogP contribution in [0.2, 0.25) is 0 Å². The summed E-state index contributed by atoms with van der Waals surface area (Å²) in [6, 6.07) is 0. The molecule has 0 aromatic rings. The molecule has 0 radical (unpaired) electrons. The van der Waals surface area contributed by atoms with E-state index in [1.807, 2.05) is 11.1 Å². The predicted octanol–water partition coefficient (Wildman–Crippen LogP) is 2.62. The molecule has 1 aliphatic heterocycles. The van der Waals surface area contributed by atoms with Gasteiger partial charge in [-0.05, 0) is 17.9 Å². The summed E-state index contributed by atoms with van der Waals surface area (Å²) >= 11 is 0. The van der Waals surface area contributed by atoms with Crippen molar-refractivity contribution >= 4 is 0 Å². The molecule has 0 unspecified atom stereocenters. The van der Waals surface area contributed by atoms with Crippen molar-refractivity contribution in [1.29, 1.82) is 0 Å². The van der Waals surface area contributed by atoms with E-state index in [1.165, 1.54) is 0 Å². The molecule has 1 rings (SSSR count). The molecule has 1 aliphatic rings. The van der Waals surface area contributed by atoms with E-state index < -0.39 is 0 Å². The Kier molecular flexibility index (Phi) is 2.84. The van der Waals surface area contributed by atoms with Gasteiger partial charge in [0.15, 0.2) is 0 Å². The van der Waals surface area contributed by atoms with Gasteiger partial charge >= 0.3 is 0 Å². The summed E-state index contributed by atoms with van der Waals surface area (Å²) in [6.07, 6.45) is 4.92. The van der Waals surface area contributed by atoms with Crippen LogP contribution in [0.1, 0.15) is 27.2 Å². The molecule has 12 heavy (non-hydrogen) atoms. The lowest BCUT2D eigenvalue weighted by Gasteiger charge is -2.23. The van der Waals surface area contributed by atoms with E-state index in [9.17, 15) is 0 Å².